The van der Waals surface area contributed by atoms with Crippen molar-refractivity contribution in [3.8, 4) is 5.75 Å². The number of thioether (sulfide) groups is 1. The summed E-state index contributed by atoms with van der Waals surface area (Å²) in [5.41, 5.74) is 8.10. The van der Waals surface area contributed by atoms with Gasteiger partial charge in [-0.05, 0) is 56.5 Å². The summed E-state index contributed by atoms with van der Waals surface area (Å²) in [7, 11) is 1.23. The zero-order valence-corrected chi connectivity index (χ0v) is 21.8. The van der Waals surface area contributed by atoms with E-state index >= 15 is 0 Å². The summed E-state index contributed by atoms with van der Waals surface area (Å²) < 4.78 is 12.6. The van der Waals surface area contributed by atoms with Gasteiger partial charge >= 0.3 is 5.97 Å². The van der Waals surface area contributed by atoms with Crippen LogP contribution in [0.5, 0.6) is 5.75 Å². The van der Waals surface area contributed by atoms with Gasteiger partial charge in [0.15, 0.2) is 11.0 Å². The maximum Gasteiger partial charge on any atom is 0.341 e. The molecule has 0 bridgehead atoms. The van der Waals surface area contributed by atoms with Gasteiger partial charge in [-0.1, -0.05) is 17.8 Å². The van der Waals surface area contributed by atoms with Gasteiger partial charge in [0.05, 0.1) is 23.3 Å². The zero-order valence-electron chi connectivity index (χ0n) is 20.1. The maximum atomic E-state index is 12.6. The van der Waals surface area contributed by atoms with Gasteiger partial charge in [0.2, 0.25) is 5.91 Å². The van der Waals surface area contributed by atoms with Crippen molar-refractivity contribution in [2.24, 2.45) is 5.73 Å². The van der Waals surface area contributed by atoms with Crippen molar-refractivity contribution in [3.05, 3.63) is 51.2 Å². The fourth-order valence-electron chi connectivity index (χ4n) is 3.49. The molecule has 2 amide bonds. The number of esters is 1. The van der Waals surface area contributed by atoms with Gasteiger partial charge in [-0.25, -0.2) is 4.79 Å². The molecule has 0 unspecified atom stereocenters. The number of hydrogen-bond donors (Lipinski definition) is 2. The van der Waals surface area contributed by atoms with E-state index in [4.69, 9.17) is 15.2 Å². The van der Waals surface area contributed by atoms with Crippen LogP contribution >= 0.6 is 23.1 Å². The highest BCUT2D eigenvalue weighted by molar-refractivity contribution is 7.99. The van der Waals surface area contributed by atoms with Gasteiger partial charge in [0.1, 0.15) is 17.4 Å². The summed E-state index contributed by atoms with van der Waals surface area (Å²) in [6.45, 7) is 8.39. The maximum absolute atomic E-state index is 12.6. The van der Waals surface area contributed by atoms with Gasteiger partial charge < -0.3 is 25.1 Å². The second kappa shape index (κ2) is 11.4. The summed E-state index contributed by atoms with van der Waals surface area (Å²) >= 11 is 2.14. The Balaban J connectivity index is 1.67. The number of hydrogen-bond acceptors (Lipinski definition) is 9. The van der Waals surface area contributed by atoms with E-state index in [0.29, 0.717) is 23.1 Å². The number of aromatic nitrogens is 3. The number of methoxy groups -OCH3 is 1. The van der Waals surface area contributed by atoms with Crippen molar-refractivity contribution in [1.82, 2.24) is 14.8 Å². The quantitative estimate of drug-likeness (QED) is 0.308. The van der Waals surface area contributed by atoms with E-state index in [2.05, 4.69) is 21.6 Å². The molecule has 0 atom stereocenters. The first kappa shape index (κ1) is 26.2. The van der Waals surface area contributed by atoms with Crippen LogP contribution < -0.4 is 15.8 Å². The van der Waals surface area contributed by atoms with Crippen molar-refractivity contribution in [1.29, 1.82) is 0 Å². The van der Waals surface area contributed by atoms with Crippen LogP contribution in [0.2, 0.25) is 0 Å². The molecule has 2 heterocycles. The number of benzene rings is 1. The molecule has 12 heteroatoms. The van der Waals surface area contributed by atoms with Crippen molar-refractivity contribution < 1.29 is 23.9 Å². The summed E-state index contributed by atoms with van der Waals surface area (Å²) in [4.78, 5) is 36.7. The lowest BCUT2D eigenvalue weighted by Gasteiger charge is -2.10. The zero-order chi connectivity index (χ0) is 25.7. The highest BCUT2D eigenvalue weighted by Crippen LogP contribution is 2.33. The topological polar surface area (TPSA) is 138 Å². The van der Waals surface area contributed by atoms with Crippen LogP contribution in [0.25, 0.3) is 0 Å². The van der Waals surface area contributed by atoms with Gasteiger partial charge in [0.25, 0.3) is 5.91 Å². The van der Waals surface area contributed by atoms with Crippen molar-refractivity contribution in [3.63, 3.8) is 0 Å². The normalized spacial score (nSPS) is 10.8. The van der Waals surface area contributed by atoms with E-state index < -0.39 is 11.9 Å². The Kier molecular flexibility index (Phi) is 8.52. The van der Waals surface area contributed by atoms with Crippen LogP contribution in [-0.2, 0) is 22.7 Å². The second-order valence-electron chi connectivity index (χ2n) is 7.71. The van der Waals surface area contributed by atoms with Crippen LogP contribution in [0.3, 0.4) is 0 Å². The highest BCUT2D eigenvalue weighted by atomic mass is 32.2. The monoisotopic (exact) mass is 517 g/mol. The molecule has 186 valence electrons. The third-order valence-corrected chi connectivity index (χ3v) is 7.21. The molecule has 0 radical (unpaired) electrons. The predicted octanol–water partition coefficient (Wildman–Crippen LogP) is 3.48. The minimum atomic E-state index is -0.681. The molecule has 2 aromatic heterocycles. The molecular formula is C23H27N5O5S2. The minimum absolute atomic E-state index is 0.0134. The Hall–Kier alpha value is -3.38. The third kappa shape index (κ3) is 6.20. The first-order valence-electron chi connectivity index (χ1n) is 10.7. The standard InChI is InChI=1S/C23H27N5O5S2/c1-6-28-16(10-33-15-8-12(2)7-13(3)9-15)26-27-23(28)34-11-17(29)25-21-18(22(31)32-5)14(4)19(35-21)20(24)30/h7-9H,6,10-11H2,1-5H3,(H2,24,30)(H,25,29). The summed E-state index contributed by atoms with van der Waals surface area (Å²) in [6, 6.07) is 5.98. The second-order valence-corrected chi connectivity index (χ2v) is 9.67. The van der Waals surface area contributed by atoms with Crippen molar-refractivity contribution in [2.45, 2.75) is 46.0 Å². The molecule has 0 saturated heterocycles. The number of nitrogens with zero attached hydrogens (tertiary/aromatic N) is 3. The molecule has 0 spiro atoms. The number of amides is 2. The molecule has 0 fully saturated rings. The van der Waals surface area contributed by atoms with E-state index in [1.807, 2.05) is 37.5 Å². The molecule has 0 aliphatic rings. The third-order valence-electron chi connectivity index (χ3n) is 5.02. The predicted molar refractivity (Wildman–Crippen MR) is 134 cm³/mol. The number of carbonyl (C=O) groups is 3. The fourth-order valence-corrected chi connectivity index (χ4v) is 5.38. The molecule has 3 rings (SSSR count). The molecule has 3 aromatic rings. The Bertz CT molecular complexity index is 1250. The number of aryl methyl sites for hydroxylation is 2. The molecule has 0 aliphatic carbocycles. The Morgan fingerprint density at radius 3 is 2.43 bits per heavy atom. The highest BCUT2D eigenvalue weighted by Gasteiger charge is 2.25. The summed E-state index contributed by atoms with van der Waals surface area (Å²) in [5, 5.41) is 11.9. The van der Waals surface area contributed by atoms with Crippen LogP contribution in [0.15, 0.2) is 23.4 Å². The average molecular weight is 518 g/mol. The molecule has 35 heavy (non-hydrogen) atoms. The van der Waals surface area contributed by atoms with Crippen molar-refractivity contribution in [2.75, 3.05) is 18.2 Å². The molecular weight excluding hydrogens is 490 g/mol. The number of nitrogens with one attached hydrogen (secondary N) is 1. The first-order valence-corrected chi connectivity index (χ1v) is 12.5. The number of primary amides is 1. The lowest BCUT2D eigenvalue weighted by molar-refractivity contribution is -0.113. The lowest BCUT2D eigenvalue weighted by atomic mass is 10.1. The molecule has 0 aliphatic heterocycles. The average Bonchev–Trinajstić information content (AvgIpc) is 3.35. The van der Waals surface area contributed by atoms with E-state index in [9.17, 15) is 14.4 Å². The van der Waals surface area contributed by atoms with Crippen LogP contribution in [0.1, 0.15) is 49.5 Å². The molecule has 10 nitrogen and oxygen atoms in total. The van der Waals surface area contributed by atoms with Gasteiger partial charge in [-0.3, -0.25) is 9.59 Å². The number of anilines is 1. The minimum Gasteiger partial charge on any atom is -0.486 e. The van der Waals surface area contributed by atoms with E-state index in [0.717, 1.165) is 28.2 Å². The number of thiophene rings is 1. The van der Waals surface area contributed by atoms with Crippen LogP contribution in [0, 0.1) is 20.8 Å². The Morgan fingerprint density at radius 2 is 1.83 bits per heavy atom. The number of carbonyl (C=O) groups excluding carboxylic acids is 3. The Labute approximate surface area is 211 Å². The Morgan fingerprint density at radius 1 is 1.14 bits per heavy atom. The van der Waals surface area contributed by atoms with E-state index in [-0.39, 0.29) is 33.7 Å². The summed E-state index contributed by atoms with van der Waals surface area (Å²) in [6.07, 6.45) is 0. The number of nitrogens with two attached hydrogens (primary N) is 1. The number of ether oxygens (including phenoxy) is 2. The molecule has 3 N–H and O–H groups in total. The van der Waals surface area contributed by atoms with E-state index in [1.165, 1.54) is 18.9 Å². The van der Waals surface area contributed by atoms with E-state index in [1.54, 1.807) is 6.92 Å². The first-order chi connectivity index (χ1) is 16.6. The van der Waals surface area contributed by atoms with Crippen LogP contribution in [0.4, 0.5) is 5.00 Å². The van der Waals surface area contributed by atoms with Gasteiger partial charge in [0, 0.05) is 6.54 Å². The fraction of sp³-hybridized carbons (Fsp3) is 0.348. The largest absolute Gasteiger partial charge is 0.486 e. The van der Waals surface area contributed by atoms with Crippen molar-refractivity contribution >= 4 is 45.9 Å². The van der Waals surface area contributed by atoms with Gasteiger partial charge in [-0.15, -0.1) is 21.5 Å². The SMILES string of the molecule is CCn1c(COc2cc(C)cc(C)c2)nnc1SCC(=O)Nc1sc(C(N)=O)c(C)c1C(=O)OC. The van der Waals surface area contributed by atoms with Crippen LogP contribution in [-0.4, -0.2) is 45.4 Å². The molecule has 1 aromatic carbocycles. The number of rotatable bonds is 10. The molecule has 0 saturated carbocycles. The van der Waals surface area contributed by atoms with Gasteiger partial charge in [-0.2, -0.15) is 0 Å². The summed E-state index contributed by atoms with van der Waals surface area (Å²) in [5.74, 6) is -0.310. The lowest BCUT2D eigenvalue weighted by Crippen LogP contribution is -2.16. The smallest absolute Gasteiger partial charge is 0.341 e.